The molecule has 1 aromatic heterocycles. The van der Waals surface area contributed by atoms with Gasteiger partial charge in [0.05, 0.1) is 5.02 Å². The largest absolute Gasteiger partial charge is 0.437 e. The Hall–Kier alpha value is -1.58. The maximum atomic E-state index is 6.05. The number of rotatable bonds is 5. The van der Waals surface area contributed by atoms with E-state index in [1.165, 1.54) is 0 Å². The lowest BCUT2D eigenvalue weighted by molar-refractivity contribution is 0.461. The molecule has 0 saturated carbocycles. The molecule has 1 heterocycles. The third kappa shape index (κ3) is 4.23. The van der Waals surface area contributed by atoms with E-state index in [4.69, 9.17) is 16.3 Å². The van der Waals surface area contributed by atoms with Crippen LogP contribution in [0.4, 0.5) is 0 Å². The van der Waals surface area contributed by atoms with Gasteiger partial charge in [0.25, 0.3) is 0 Å². The molecule has 0 unspecified atom stereocenters. The Balaban J connectivity index is 2.09. The molecular weight excluding hydrogens is 260 g/mol. The molecule has 19 heavy (non-hydrogen) atoms. The van der Waals surface area contributed by atoms with Crippen molar-refractivity contribution in [2.45, 2.75) is 26.4 Å². The van der Waals surface area contributed by atoms with Crippen LogP contribution in [0.25, 0.3) is 0 Å². The molecule has 0 aliphatic heterocycles. The highest BCUT2D eigenvalue weighted by Crippen LogP contribution is 2.27. The number of nitrogens with one attached hydrogen (secondary N) is 1. The van der Waals surface area contributed by atoms with Crippen LogP contribution in [0.2, 0.25) is 5.02 Å². The maximum absolute atomic E-state index is 6.05. The molecule has 0 aliphatic carbocycles. The predicted molar refractivity (Wildman–Crippen MR) is 77.7 cm³/mol. The summed E-state index contributed by atoms with van der Waals surface area (Å²) >= 11 is 6.05. The van der Waals surface area contributed by atoms with Gasteiger partial charge < -0.3 is 10.1 Å². The smallest absolute Gasteiger partial charge is 0.219 e. The summed E-state index contributed by atoms with van der Waals surface area (Å²) in [6, 6.07) is 11.7. The van der Waals surface area contributed by atoms with E-state index >= 15 is 0 Å². The molecule has 0 bridgehead atoms. The van der Waals surface area contributed by atoms with Crippen molar-refractivity contribution >= 4 is 11.6 Å². The van der Waals surface area contributed by atoms with Gasteiger partial charge in [0.15, 0.2) is 0 Å². The summed E-state index contributed by atoms with van der Waals surface area (Å²) in [5.74, 6) is 1.17. The summed E-state index contributed by atoms with van der Waals surface area (Å²) < 4.78 is 5.69. The summed E-state index contributed by atoms with van der Waals surface area (Å²) in [7, 11) is 0. The van der Waals surface area contributed by atoms with E-state index in [1.807, 2.05) is 30.3 Å². The number of hydrogen-bond acceptors (Lipinski definition) is 3. The van der Waals surface area contributed by atoms with Crippen molar-refractivity contribution in [1.29, 1.82) is 0 Å². The minimum atomic E-state index is 0.445. The maximum Gasteiger partial charge on any atom is 0.219 e. The Kier molecular flexibility index (Phi) is 4.77. The van der Waals surface area contributed by atoms with Crippen LogP contribution in [0.3, 0.4) is 0 Å². The van der Waals surface area contributed by atoms with Crippen LogP contribution < -0.4 is 10.1 Å². The minimum Gasteiger partial charge on any atom is -0.437 e. The second-order valence-electron chi connectivity index (χ2n) is 4.57. The van der Waals surface area contributed by atoms with Crippen LogP contribution in [0, 0.1) is 0 Å². The highest BCUT2D eigenvalue weighted by molar-refractivity contribution is 6.32. The van der Waals surface area contributed by atoms with Crippen molar-refractivity contribution in [1.82, 2.24) is 10.3 Å². The van der Waals surface area contributed by atoms with Gasteiger partial charge in [-0.15, -0.1) is 0 Å². The fraction of sp³-hybridized carbons (Fsp3) is 0.267. The monoisotopic (exact) mass is 276 g/mol. The van der Waals surface area contributed by atoms with E-state index < -0.39 is 0 Å². The first kappa shape index (κ1) is 13.8. The summed E-state index contributed by atoms with van der Waals surface area (Å²) in [6.07, 6.45) is 1.74. The Morgan fingerprint density at radius 2 is 2.05 bits per heavy atom. The molecule has 0 saturated heterocycles. The van der Waals surface area contributed by atoms with Gasteiger partial charge in [-0.25, -0.2) is 4.98 Å². The zero-order valence-corrected chi connectivity index (χ0v) is 11.8. The summed E-state index contributed by atoms with van der Waals surface area (Å²) in [4.78, 5) is 4.19. The standard InChI is InChI=1S/C15H17ClN2O/c1-11(2)18-10-12-7-8-17-15(9-12)19-14-6-4-3-5-13(14)16/h3-9,11,18H,10H2,1-2H3. The quantitative estimate of drug-likeness (QED) is 0.895. The second-order valence-corrected chi connectivity index (χ2v) is 4.98. The average molecular weight is 277 g/mol. The van der Waals surface area contributed by atoms with Crippen LogP contribution in [0.15, 0.2) is 42.6 Å². The van der Waals surface area contributed by atoms with Gasteiger partial charge in [0.1, 0.15) is 5.75 Å². The molecule has 0 fully saturated rings. The van der Waals surface area contributed by atoms with Gasteiger partial charge in [-0.3, -0.25) is 0 Å². The van der Waals surface area contributed by atoms with E-state index in [0.29, 0.717) is 22.7 Å². The highest BCUT2D eigenvalue weighted by Gasteiger charge is 2.04. The zero-order valence-electron chi connectivity index (χ0n) is 11.1. The average Bonchev–Trinajstić information content (AvgIpc) is 2.40. The topological polar surface area (TPSA) is 34.2 Å². The van der Waals surface area contributed by atoms with Crippen LogP contribution >= 0.6 is 11.6 Å². The summed E-state index contributed by atoms with van der Waals surface area (Å²) in [6.45, 7) is 5.02. The third-order valence-electron chi connectivity index (χ3n) is 2.56. The predicted octanol–water partition coefficient (Wildman–Crippen LogP) is 4.03. The van der Waals surface area contributed by atoms with Gasteiger partial charge in [0, 0.05) is 24.8 Å². The molecule has 100 valence electrons. The van der Waals surface area contributed by atoms with Gasteiger partial charge >= 0.3 is 0 Å². The molecule has 2 rings (SSSR count). The summed E-state index contributed by atoms with van der Waals surface area (Å²) in [5, 5.41) is 3.93. The van der Waals surface area contributed by atoms with E-state index in [9.17, 15) is 0 Å². The Morgan fingerprint density at radius 1 is 1.26 bits per heavy atom. The molecule has 0 atom stereocenters. The third-order valence-corrected chi connectivity index (χ3v) is 2.88. The number of nitrogens with zero attached hydrogens (tertiary/aromatic N) is 1. The number of hydrogen-bond donors (Lipinski definition) is 1. The van der Waals surface area contributed by atoms with E-state index in [0.717, 1.165) is 12.1 Å². The number of ether oxygens (including phenoxy) is 1. The fourth-order valence-electron chi connectivity index (χ4n) is 1.58. The molecule has 0 spiro atoms. The van der Waals surface area contributed by atoms with Crippen LogP contribution in [-0.4, -0.2) is 11.0 Å². The molecule has 3 nitrogen and oxygen atoms in total. The van der Waals surface area contributed by atoms with Crippen LogP contribution in [-0.2, 0) is 6.54 Å². The fourth-order valence-corrected chi connectivity index (χ4v) is 1.75. The SMILES string of the molecule is CC(C)NCc1ccnc(Oc2ccccc2Cl)c1. The van der Waals surface area contributed by atoms with Gasteiger partial charge in [-0.05, 0) is 23.8 Å². The zero-order chi connectivity index (χ0) is 13.7. The van der Waals surface area contributed by atoms with Gasteiger partial charge in [-0.2, -0.15) is 0 Å². The molecule has 0 aliphatic rings. The Bertz CT molecular complexity index is 543. The number of benzene rings is 1. The summed E-state index contributed by atoms with van der Waals surface area (Å²) in [5.41, 5.74) is 1.13. The van der Waals surface area contributed by atoms with E-state index in [1.54, 1.807) is 12.3 Å². The van der Waals surface area contributed by atoms with Crippen molar-refractivity contribution in [2.75, 3.05) is 0 Å². The Labute approximate surface area is 118 Å². The van der Waals surface area contributed by atoms with Crippen molar-refractivity contribution < 1.29 is 4.74 Å². The van der Waals surface area contributed by atoms with Crippen LogP contribution in [0.1, 0.15) is 19.4 Å². The second kappa shape index (κ2) is 6.55. The number of aromatic nitrogens is 1. The normalized spacial score (nSPS) is 10.7. The van der Waals surface area contributed by atoms with Gasteiger partial charge in [-0.1, -0.05) is 37.6 Å². The van der Waals surface area contributed by atoms with Gasteiger partial charge in [0.2, 0.25) is 5.88 Å². The molecule has 2 aromatic rings. The first-order chi connectivity index (χ1) is 9.15. The molecule has 0 amide bonds. The lowest BCUT2D eigenvalue weighted by Crippen LogP contribution is -2.21. The van der Waals surface area contributed by atoms with Crippen LogP contribution in [0.5, 0.6) is 11.6 Å². The number of halogens is 1. The lowest BCUT2D eigenvalue weighted by atomic mass is 10.2. The van der Waals surface area contributed by atoms with E-state index in [-0.39, 0.29) is 0 Å². The van der Waals surface area contributed by atoms with E-state index in [2.05, 4.69) is 24.1 Å². The molecule has 0 radical (unpaired) electrons. The van der Waals surface area contributed by atoms with Crippen molar-refractivity contribution in [3.05, 3.63) is 53.2 Å². The minimum absolute atomic E-state index is 0.445. The number of para-hydroxylation sites is 1. The number of pyridine rings is 1. The first-order valence-corrected chi connectivity index (χ1v) is 6.63. The highest BCUT2D eigenvalue weighted by atomic mass is 35.5. The first-order valence-electron chi connectivity index (χ1n) is 6.26. The molecule has 4 heteroatoms. The van der Waals surface area contributed by atoms with Crippen molar-refractivity contribution in [2.24, 2.45) is 0 Å². The molecule has 1 aromatic carbocycles. The molecule has 1 N–H and O–H groups in total. The van der Waals surface area contributed by atoms with Crippen molar-refractivity contribution in [3.63, 3.8) is 0 Å². The Morgan fingerprint density at radius 3 is 2.79 bits per heavy atom. The van der Waals surface area contributed by atoms with Crippen molar-refractivity contribution in [3.8, 4) is 11.6 Å². The lowest BCUT2D eigenvalue weighted by Gasteiger charge is -2.10. The molecular formula is C15H17ClN2O.